The highest BCUT2D eigenvalue weighted by atomic mass is 35.5. The van der Waals surface area contributed by atoms with E-state index >= 15 is 0 Å². The monoisotopic (exact) mass is 452 g/mol. The van der Waals surface area contributed by atoms with Gasteiger partial charge in [-0.1, -0.05) is 37.3 Å². The maximum absolute atomic E-state index is 4.98. The van der Waals surface area contributed by atoms with Crippen LogP contribution in [0.2, 0.25) is 0 Å². The maximum Gasteiger partial charge on any atom is 0.137 e. The van der Waals surface area contributed by atoms with Crippen molar-refractivity contribution in [2.24, 2.45) is 0 Å². The third-order valence-electron chi connectivity index (χ3n) is 4.97. The van der Waals surface area contributed by atoms with Crippen molar-refractivity contribution in [1.29, 1.82) is 0 Å². The first-order valence-corrected chi connectivity index (χ1v) is 9.29. The highest BCUT2D eigenvalue weighted by molar-refractivity contribution is 5.94. The van der Waals surface area contributed by atoms with Crippen LogP contribution in [0.4, 0.5) is 5.82 Å². The first-order valence-electron chi connectivity index (χ1n) is 9.29. The standard InChI is InChI=1S/C22H24N4.3ClH/c1-2-25-13-15-26(16-14-25)22-21-9-4-3-7-18(21)17-20(24-22)11-10-19-8-5-6-12-23-19;;;/h3-12,17H,2,13-16H2,1H3;3*1H/b11-10+;;;. The molecule has 1 aliphatic heterocycles. The smallest absolute Gasteiger partial charge is 0.137 e. The van der Waals surface area contributed by atoms with E-state index in [1.165, 1.54) is 10.8 Å². The zero-order chi connectivity index (χ0) is 17.8. The molecule has 0 atom stereocenters. The van der Waals surface area contributed by atoms with E-state index in [0.717, 1.165) is 49.9 Å². The van der Waals surface area contributed by atoms with Crippen molar-refractivity contribution >= 4 is 66.0 Å². The Labute approximate surface area is 191 Å². The first kappa shape index (κ1) is 25.2. The number of benzene rings is 1. The molecule has 0 unspecified atom stereocenters. The van der Waals surface area contributed by atoms with Gasteiger partial charge in [-0.2, -0.15) is 0 Å². The summed E-state index contributed by atoms with van der Waals surface area (Å²) >= 11 is 0. The van der Waals surface area contributed by atoms with Crippen LogP contribution in [0.5, 0.6) is 0 Å². The summed E-state index contributed by atoms with van der Waals surface area (Å²) < 4.78 is 0. The van der Waals surface area contributed by atoms with E-state index in [9.17, 15) is 0 Å². The van der Waals surface area contributed by atoms with Gasteiger partial charge in [-0.25, -0.2) is 4.98 Å². The Morgan fingerprint density at radius 3 is 2.24 bits per heavy atom. The fraction of sp³-hybridized carbons (Fsp3) is 0.273. The lowest BCUT2D eigenvalue weighted by Crippen LogP contribution is -2.46. The third kappa shape index (κ3) is 6.06. The summed E-state index contributed by atoms with van der Waals surface area (Å²) in [4.78, 5) is 14.3. The zero-order valence-electron chi connectivity index (χ0n) is 16.4. The van der Waals surface area contributed by atoms with Crippen molar-refractivity contribution in [3.63, 3.8) is 0 Å². The van der Waals surface area contributed by atoms with E-state index in [4.69, 9.17) is 4.98 Å². The lowest BCUT2D eigenvalue weighted by atomic mass is 10.1. The second-order valence-corrected chi connectivity index (χ2v) is 6.60. The summed E-state index contributed by atoms with van der Waals surface area (Å²) in [5, 5.41) is 2.46. The zero-order valence-corrected chi connectivity index (χ0v) is 18.8. The molecular formula is C22H27Cl3N4. The maximum atomic E-state index is 4.98. The second-order valence-electron chi connectivity index (χ2n) is 6.60. The molecule has 0 amide bonds. The van der Waals surface area contributed by atoms with Crippen LogP contribution in [0.1, 0.15) is 18.3 Å². The Hall–Kier alpha value is -1.85. The highest BCUT2D eigenvalue weighted by Crippen LogP contribution is 2.27. The Balaban J connectivity index is 0.00000140. The number of nitrogens with zero attached hydrogens (tertiary/aromatic N) is 4. The van der Waals surface area contributed by atoms with Crippen LogP contribution in [0.25, 0.3) is 22.9 Å². The number of pyridine rings is 2. The number of hydrogen-bond donors (Lipinski definition) is 0. The fourth-order valence-corrected chi connectivity index (χ4v) is 3.45. The average Bonchev–Trinajstić information content (AvgIpc) is 2.72. The van der Waals surface area contributed by atoms with Gasteiger partial charge in [-0.3, -0.25) is 4.98 Å². The van der Waals surface area contributed by atoms with Gasteiger partial charge in [-0.15, -0.1) is 37.2 Å². The van der Waals surface area contributed by atoms with E-state index in [1.54, 1.807) is 0 Å². The second kappa shape index (κ2) is 12.0. The van der Waals surface area contributed by atoms with Gasteiger partial charge in [-0.05, 0) is 42.3 Å². The number of fused-ring (bicyclic) bond motifs is 1. The molecule has 3 aromatic rings. The summed E-state index contributed by atoms with van der Waals surface area (Å²) in [5.74, 6) is 1.10. The average molecular weight is 454 g/mol. The summed E-state index contributed by atoms with van der Waals surface area (Å²) in [5.41, 5.74) is 1.92. The van der Waals surface area contributed by atoms with Gasteiger partial charge in [0, 0.05) is 37.8 Å². The molecule has 0 bridgehead atoms. The number of rotatable bonds is 4. The SMILES string of the molecule is CCN1CCN(c2nc(/C=C/c3ccccn3)cc3ccccc23)CC1.Cl.Cl.Cl. The summed E-state index contributed by atoms with van der Waals surface area (Å²) in [6.07, 6.45) is 5.89. The molecule has 4 rings (SSSR count). The molecule has 2 aromatic heterocycles. The molecule has 4 nitrogen and oxygen atoms in total. The van der Waals surface area contributed by atoms with Crippen molar-refractivity contribution in [3.05, 3.63) is 66.1 Å². The Bertz CT molecular complexity index is 910. The number of likely N-dealkylation sites (N-methyl/N-ethyl adjacent to an activating group) is 1. The van der Waals surface area contributed by atoms with Crippen LogP contribution >= 0.6 is 37.2 Å². The van der Waals surface area contributed by atoms with Gasteiger partial charge in [0.05, 0.1) is 11.4 Å². The summed E-state index contributed by atoms with van der Waals surface area (Å²) in [6.45, 7) is 7.60. The molecule has 0 aliphatic carbocycles. The van der Waals surface area contributed by atoms with E-state index in [0.29, 0.717) is 0 Å². The molecule has 0 N–H and O–H groups in total. The van der Waals surface area contributed by atoms with Gasteiger partial charge in [0.2, 0.25) is 0 Å². The molecule has 156 valence electrons. The minimum atomic E-state index is 0. The van der Waals surface area contributed by atoms with Crippen LogP contribution in [0.3, 0.4) is 0 Å². The Morgan fingerprint density at radius 1 is 0.862 bits per heavy atom. The third-order valence-corrected chi connectivity index (χ3v) is 4.97. The Kier molecular flexibility index (Phi) is 10.4. The number of aromatic nitrogens is 2. The summed E-state index contributed by atoms with van der Waals surface area (Å²) in [7, 11) is 0. The molecule has 3 heterocycles. The van der Waals surface area contributed by atoms with Crippen molar-refractivity contribution < 1.29 is 0 Å². The van der Waals surface area contributed by atoms with E-state index in [1.807, 2.05) is 30.5 Å². The van der Waals surface area contributed by atoms with Crippen molar-refractivity contribution in [2.45, 2.75) is 6.92 Å². The molecule has 1 fully saturated rings. The quantitative estimate of drug-likeness (QED) is 0.543. The van der Waals surface area contributed by atoms with E-state index < -0.39 is 0 Å². The van der Waals surface area contributed by atoms with Gasteiger partial charge in [0.1, 0.15) is 5.82 Å². The molecule has 0 saturated carbocycles. The molecular weight excluding hydrogens is 427 g/mol. The predicted molar refractivity (Wildman–Crippen MR) is 131 cm³/mol. The van der Waals surface area contributed by atoms with Crippen LogP contribution in [-0.2, 0) is 0 Å². The molecule has 0 spiro atoms. The predicted octanol–water partition coefficient (Wildman–Crippen LogP) is 5.21. The lowest BCUT2D eigenvalue weighted by molar-refractivity contribution is 0.271. The summed E-state index contributed by atoms with van der Waals surface area (Å²) in [6, 6.07) is 16.6. The van der Waals surface area contributed by atoms with Crippen LogP contribution in [0.15, 0.2) is 54.7 Å². The highest BCUT2D eigenvalue weighted by Gasteiger charge is 2.19. The lowest BCUT2D eigenvalue weighted by Gasteiger charge is -2.35. The van der Waals surface area contributed by atoms with E-state index in [-0.39, 0.29) is 37.2 Å². The van der Waals surface area contributed by atoms with Gasteiger partial charge in [0.15, 0.2) is 0 Å². The largest absolute Gasteiger partial charge is 0.354 e. The van der Waals surface area contributed by atoms with Crippen molar-refractivity contribution in [3.8, 4) is 0 Å². The van der Waals surface area contributed by atoms with Gasteiger partial charge >= 0.3 is 0 Å². The molecule has 1 saturated heterocycles. The number of halogens is 3. The van der Waals surface area contributed by atoms with Crippen LogP contribution in [0, 0.1) is 0 Å². The van der Waals surface area contributed by atoms with E-state index in [2.05, 4.69) is 58.1 Å². The molecule has 7 heteroatoms. The molecule has 29 heavy (non-hydrogen) atoms. The van der Waals surface area contributed by atoms with Crippen LogP contribution < -0.4 is 4.90 Å². The number of hydrogen-bond acceptors (Lipinski definition) is 4. The molecule has 1 aliphatic rings. The van der Waals surface area contributed by atoms with Gasteiger partial charge in [0.25, 0.3) is 0 Å². The minimum absolute atomic E-state index is 0. The normalized spacial score (nSPS) is 14.2. The topological polar surface area (TPSA) is 32.3 Å². The first-order chi connectivity index (χ1) is 12.8. The van der Waals surface area contributed by atoms with Crippen LogP contribution in [-0.4, -0.2) is 47.6 Å². The number of anilines is 1. The van der Waals surface area contributed by atoms with Gasteiger partial charge < -0.3 is 9.80 Å². The molecule has 1 aromatic carbocycles. The van der Waals surface area contributed by atoms with Crippen molar-refractivity contribution in [1.82, 2.24) is 14.9 Å². The van der Waals surface area contributed by atoms with Crippen molar-refractivity contribution in [2.75, 3.05) is 37.6 Å². The Morgan fingerprint density at radius 2 is 1.55 bits per heavy atom. The molecule has 0 radical (unpaired) electrons. The fourth-order valence-electron chi connectivity index (χ4n) is 3.45. The number of piperazine rings is 1. The minimum Gasteiger partial charge on any atom is -0.354 e.